The second-order valence-electron chi connectivity index (χ2n) is 9.03. The van der Waals surface area contributed by atoms with Gasteiger partial charge in [-0.1, -0.05) is 36.1 Å². The van der Waals surface area contributed by atoms with Crippen LogP contribution in [0.25, 0.3) is 0 Å². The van der Waals surface area contributed by atoms with Gasteiger partial charge in [-0.25, -0.2) is 8.42 Å². The van der Waals surface area contributed by atoms with Crippen LogP contribution in [0.2, 0.25) is 0 Å². The highest BCUT2D eigenvalue weighted by molar-refractivity contribution is 7.89. The monoisotopic (exact) mass is 468 g/mol. The normalized spacial score (nSPS) is 25.0. The van der Waals surface area contributed by atoms with Gasteiger partial charge >= 0.3 is 0 Å². The molecular weight excluding hydrogens is 436 g/mol. The number of rotatable bonds is 4. The highest BCUT2D eigenvalue weighted by Gasteiger charge is 2.50. The molecular formula is C26H32N2O4S. The lowest BCUT2D eigenvalue weighted by atomic mass is 9.74. The van der Waals surface area contributed by atoms with E-state index in [0.717, 1.165) is 36.1 Å². The Hall–Kier alpha value is -2.21. The van der Waals surface area contributed by atoms with Crippen LogP contribution in [0, 0.1) is 18.8 Å². The Morgan fingerprint density at radius 2 is 1.85 bits per heavy atom. The molecule has 0 saturated carbocycles. The molecule has 2 aliphatic heterocycles. The first-order valence-electron chi connectivity index (χ1n) is 11.5. The number of nitrogens with zero attached hydrogens (tertiary/aromatic N) is 2. The molecule has 0 amide bonds. The van der Waals surface area contributed by atoms with Crippen LogP contribution < -0.4 is 0 Å². The molecule has 4 atom stereocenters. The number of aliphatic hydroxyl groups is 2. The van der Waals surface area contributed by atoms with Gasteiger partial charge in [0.05, 0.1) is 11.5 Å². The zero-order valence-corrected chi connectivity index (χ0v) is 20.0. The van der Waals surface area contributed by atoms with Crippen molar-refractivity contribution in [2.75, 3.05) is 26.2 Å². The fraction of sp³-hybridized carbons (Fsp3) is 0.462. The van der Waals surface area contributed by atoms with Crippen molar-refractivity contribution in [3.8, 4) is 11.8 Å². The Balaban J connectivity index is 1.61. The highest BCUT2D eigenvalue weighted by Crippen LogP contribution is 2.42. The van der Waals surface area contributed by atoms with Crippen LogP contribution in [0.4, 0.5) is 0 Å². The summed E-state index contributed by atoms with van der Waals surface area (Å²) < 4.78 is 28.6. The van der Waals surface area contributed by atoms with Crippen molar-refractivity contribution in [2.45, 2.75) is 55.7 Å². The van der Waals surface area contributed by atoms with Crippen LogP contribution in [-0.4, -0.2) is 72.3 Å². The van der Waals surface area contributed by atoms with E-state index in [-0.39, 0.29) is 24.6 Å². The van der Waals surface area contributed by atoms with E-state index in [0.29, 0.717) is 18.0 Å². The van der Waals surface area contributed by atoms with Crippen LogP contribution in [-0.2, 0) is 10.0 Å². The van der Waals surface area contributed by atoms with E-state index >= 15 is 0 Å². The molecule has 2 saturated heterocycles. The van der Waals surface area contributed by atoms with Gasteiger partial charge in [0.2, 0.25) is 10.0 Å². The number of benzene rings is 2. The maximum absolute atomic E-state index is 13.5. The Morgan fingerprint density at radius 3 is 2.52 bits per heavy atom. The van der Waals surface area contributed by atoms with E-state index in [2.05, 4.69) is 16.7 Å². The van der Waals surface area contributed by atoms with Gasteiger partial charge < -0.3 is 10.2 Å². The maximum atomic E-state index is 13.5. The van der Waals surface area contributed by atoms with Gasteiger partial charge in [0.15, 0.2) is 0 Å². The lowest BCUT2D eigenvalue weighted by molar-refractivity contribution is -0.0553. The minimum absolute atomic E-state index is 0.0106. The second-order valence-corrected chi connectivity index (χ2v) is 11.0. The predicted octanol–water partition coefficient (Wildman–Crippen LogP) is 2.34. The lowest BCUT2D eigenvalue weighted by Gasteiger charge is -2.57. The molecule has 7 heteroatoms. The van der Waals surface area contributed by atoms with E-state index in [1.807, 2.05) is 37.3 Å². The van der Waals surface area contributed by atoms with E-state index in [4.69, 9.17) is 0 Å². The van der Waals surface area contributed by atoms with E-state index < -0.39 is 16.1 Å². The first-order valence-corrected chi connectivity index (χ1v) is 13.0. The summed E-state index contributed by atoms with van der Waals surface area (Å²) in [6.45, 7) is 5.34. The Kier molecular flexibility index (Phi) is 7.22. The number of hydrogen-bond acceptors (Lipinski definition) is 5. The lowest BCUT2D eigenvalue weighted by Crippen LogP contribution is -2.67. The number of hydrogen-bond donors (Lipinski definition) is 2. The quantitative estimate of drug-likeness (QED) is 0.674. The molecule has 6 nitrogen and oxygen atoms in total. The molecule has 2 fully saturated rings. The largest absolute Gasteiger partial charge is 0.395 e. The molecule has 4 rings (SSSR count). The molecule has 0 radical (unpaired) electrons. The average Bonchev–Trinajstić information content (AvgIpc) is 2.77. The Bertz CT molecular complexity index is 1130. The van der Waals surface area contributed by atoms with Crippen molar-refractivity contribution < 1.29 is 18.6 Å². The van der Waals surface area contributed by atoms with Crippen molar-refractivity contribution >= 4 is 10.0 Å². The van der Waals surface area contributed by atoms with Crippen LogP contribution >= 0.6 is 0 Å². The number of aryl methyl sites for hydroxylation is 1. The molecule has 2 N–H and O–H groups in total. The van der Waals surface area contributed by atoms with Crippen molar-refractivity contribution in [1.29, 1.82) is 0 Å². The molecule has 0 aliphatic carbocycles. The van der Waals surface area contributed by atoms with Crippen LogP contribution in [0.3, 0.4) is 0 Å². The molecule has 2 heterocycles. The molecule has 2 aromatic rings. The van der Waals surface area contributed by atoms with Crippen molar-refractivity contribution in [1.82, 2.24) is 9.21 Å². The van der Waals surface area contributed by atoms with E-state index in [9.17, 15) is 18.6 Å². The van der Waals surface area contributed by atoms with Crippen molar-refractivity contribution in [3.63, 3.8) is 0 Å². The minimum atomic E-state index is -3.60. The molecule has 176 valence electrons. The smallest absolute Gasteiger partial charge is 0.243 e. The highest BCUT2D eigenvalue weighted by atomic mass is 32.2. The molecule has 33 heavy (non-hydrogen) atoms. The number of aliphatic hydroxyl groups excluding tert-OH is 2. The number of fused-ring (bicyclic) bond motifs is 1. The van der Waals surface area contributed by atoms with Gasteiger partial charge in [-0.3, -0.25) is 4.90 Å². The standard InChI is InChI=1S/C26H32N2O4S/c1-19-6-5-7-23(16-19)33(31,32)27-14-3-4-15-28-24(17-27)26(25(28)18-29)22-12-10-21(11-13-22)9-8-20(2)30/h5-7,10-13,16,20,24-26,29-30H,3-4,14-15,17-18H2,1-2H3/t20-,24-,25-,26+/m0/s1. The van der Waals surface area contributed by atoms with Gasteiger partial charge in [-0.05, 0) is 68.6 Å². The summed E-state index contributed by atoms with van der Waals surface area (Å²) >= 11 is 0. The summed E-state index contributed by atoms with van der Waals surface area (Å²) in [7, 11) is -3.60. The van der Waals surface area contributed by atoms with E-state index in [1.165, 1.54) is 0 Å². The van der Waals surface area contributed by atoms with Crippen LogP contribution in [0.5, 0.6) is 0 Å². The van der Waals surface area contributed by atoms with Crippen molar-refractivity contribution in [3.05, 3.63) is 65.2 Å². The summed E-state index contributed by atoms with van der Waals surface area (Å²) in [4.78, 5) is 2.61. The van der Waals surface area contributed by atoms with Crippen LogP contribution in [0.1, 0.15) is 42.4 Å². The second kappa shape index (κ2) is 9.96. The fourth-order valence-electron chi connectivity index (χ4n) is 5.03. The molecule has 0 bridgehead atoms. The summed E-state index contributed by atoms with van der Waals surface area (Å²) in [6, 6.07) is 14.9. The molecule has 2 aromatic carbocycles. The molecule has 0 unspecified atom stereocenters. The fourth-order valence-corrected chi connectivity index (χ4v) is 6.63. The summed E-state index contributed by atoms with van der Waals surface area (Å²) in [5, 5.41) is 19.5. The van der Waals surface area contributed by atoms with Gasteiger partial charge in [0.25, 0.3) is 0 Å². The maximum Gasteiger partial charge on any atom is 0.243 e. The molecule has 0 aromatic heterocycles. The third-order valence-corrected chi connectivity index (χ3v) is 8.54. The van der Waals surface area contributed by atoms with Crippen molar-refractivity contribution in [2.24, 2.45) is 0 Å². The topological polar surface area (TPSA) is 81.1 Å². The molecule has 0 spiro atoms. The SMILES string of the molecule is Cc1cccc(S(=O)(=O)N2CCCCN3[C@@H](CO)[C@H](c4ccc(C#C[C@H](C)O)cc4)[C@@H]3C2)c1. The minimum Gasteiger partial charge on any atom is -0.395 e. The predicted molar refractivity (Wildman–Crippen MR) is 128 cm³/mol. The third-order valence-electron chi connectivity index (χ3n) is 6.68. The van der Waals surface area contributed by atoms with E-state index in [1.54, 1.807) is 29.4 Å². The van der Waals surface area contributed by atoms with Gasteiger partial charge in [-0.15, -0.1) is 0 Å². The van der Waals surface area contributed by atoms with Gasteiger partial charge in [0.1, 0.15) is 6.10 Å². The molecule has 2 aliphatic rings. The third kappa shape index (κ3) is 5.01. The Morgan fingerprint density at radius 1 is 1.12 bits per heavy atom. The van der Waals surface area contributed by atoms with Gasteiger partial charge in [0, 0.05) is 36.7 Å². The summed E-state index contributed by atoms with van der Waals surface area (Å²) in [5.74, 6) is 5.74. The van der Waals surface area contributed by atoms with Crippen LogP contribution in [0.15, 0.2) is 53.4 Å². The Labute approximate surface area is 196 Å². The summed E-state index contributed by atoms with van der Waals surface area (Å²) in [6.07, 6.45) is 1.01. The van der Waals surface area contributed by atoms with Gasteiger partial charge in [-0.2, -0.15) is 4.31 Å². The average molecular weight is 469 g/mol. The zero-order chi connectivity index (χ0) is 23.6. The number of sulfonamides is 1. The first kappa shape index (κ1) is 23.9. The first-order chi connectivity index (χ1) is 15.8. The summed E-state index contributed by atoms with van der Waals surface area (Å²) in [5.41, 5.74) is 2.81. The zero-order valence-electron chi connectivity index (χ0n) is 19.2.